The van der Waals surface area contributed by atoms with Gasteiger partial charge in [0, 0.05) is 18.9 Å². The molecule has 1 aliphatic heterocycles. The molecule has 2 aliphatic rings. The highest BCUT2D eigenvalue weighted by Gasteiger charge is 2.46. The molecule has 1 aliphatic carbocycles. The zero-order valence-electron chi connectivity index (χ0n) is 14.2. The monoisotopic (exact) mass is 353 g/mol. The first-order valence-electron chi connectivity index (χ1n) is 8.72. The summed E-state index contributed by atoms with van der Waals surface area (Å²) in [6, 6.07) is 5.64. The largest absolute Gasteiger partial charge is 0.459 e. The molecule has 2 atom stereocenters. The molecule has 2 aromatic heterocycles. The van der Waals surface area contributed by atoms with Crippen LogP contribution in [0.2, 0.25) is 0 Å². The van der Waals surface area contributed by atoms with E-state index in [-0.39, 0.29) is 43.2 Å². The molecule has 0 N–H and O–H groups in total. The van der Waals surface area contributed by atoms with Crippen LogP contribution in [-0.4, -0.2) is 38.6 Å². The van der Waals surface area contributed by atoms with Crippen LogP contribution in [-0.2, 0) is 25.7 Å². The molecule has 0 aromatic carbocycles. The van der Waals surface area contributed by atoms with Crippen molar-refractivity contribution in [3.8, 4) is 0 Å². The molecule has 7 heteroatoms. The van der Waals surface area contributed by atoms with Crippen molar-refractivity contribution in [3.63, 3.8) is 0 Å². The number of amides is 2. The van der Waals surface area contributed by atoms with Gasteiger partial charge in [-0.25, -0.2) is 4.98 Å². The molecule has 2 amide bonds. The summed E-state index contributed by atoms with van der Waals surface area (Å²) < 4.78 is 7.08. The number of hydrogen-bond acceptors (Lipinski definition) is 5. The molecule has 0 bridgehead atoms. The van der Waals surface area contributed by atoms with Gasteiger partial charge >= 0.3 is 5.97 Å². The lowest BCUT2D eigenvalue weighted by molar-refractivity contribution is -0.146. The van der Waals surface area contributed by atoms with E-state index in [0.717, 1.165) is 5.65 Å². The van der Waals surface area contributed by atoms with Crippen LogP contribution < -0.4 is 0 Å². The summed E-state index contributed by atoms with van der Waals surface area (Å²) in [4.78, 5) is 42.3. The highest BCUT2D eigenvalue weighted by atomic mass is 16.5. The Morgan fingerprint density at radius 1 is 1.15 bits per heavy atom. The molecule has 134 valence electrons. The summed E-state index contributed by atoms with van der Waals surface area (Å²) in [6.07, 6.45) is 8.75. The van der Waals surface area contributed by atoms with Crippen LogP contribution in [0.15, 0.2) is 42.7 Å². The Balaban J connectivity index is 1.30. The van der Waals surface area contributed by atoms with Crippen molar-refractivity contribution >= 4 is 23.4 Å². The summed E-state index contributed by atoms with van der Waals surface area (Å²) in [7, 11) is 0. The topological polar surface area (TPSA) is 81.0 Å². The van der Waals surface area contributed by atoms with E-state index >= 15 is 0 Å². The molecule has 0 spiro atoms. The van der Waals surface area contributed by atoms with E-state index in [4.69, 9.17) is 4.74 Å². The maximum Gasteiger partial charge on any atom is 0.307 e. The SMILES string of the molecule is O=C(CCN1C(=O)[C@H]2CC=CC[C@@H]2C1=O)OCc1cn2ccccc2n1. The van der Waals surface area contributed by atoms with E-state index in [2.05, 4.69) is 4.98 Å². The van der Waals surface area contributed by atoms with Crippen molar-refractivity contribution < 1.29 is 19.1 Å². The molecule has 1 saturated heterocycles. The molecule has 0 saturated carbocycles. The van der Waals surface area contributed by atoms with Crippen LogP contribution in [0.1, 0.15) is 25.0 Å². The second kappa shape index (κ2) is 6.74. The zero-order valence-corrected chi connectivity index (χ0v) is 14.2. The number of allylic oxidation sites excluding steroid dienone is 2. The number of pyridine rings is 1. The Labute approximate surface area is 150 Å². The van der Waals surface area contributed by atoms with Gasteiger partial charge in [-0.1, -0.05) is 18.2 Å². The van der Waals surface area contributed by atoms with Gasteiger partial charge in [-0.15, -0.1) is 0 Å². The van der Waals surface area contributed by atoms with Gasteiger partial charge < -0.3 is 9.14 Å². The number of aromatic nitrogens is 2. The second-order valence-electron chi connectivity index (χ2n) is 6.59. The number of carbonyl (C=O) groups excluding carboxylic acids is 3. The van der Waals surface area contributed by atoms with Crippen molar-refractivity contribution in [1.82, 2.24) is 14.3 Å². The number of nitrogens with zero attached hydrogens (tertiary/aromatic N) is 3. The Hall–Kier alpha value is -2.96. The van der Waals surface area contributed by atoms with E-state index in [1.165, 1.54) is 4.90 Å². The molecule has 0 radical (unpaired) electrons. The number of imidazole rings is 1. The fourth-order valence-electron chi connectivity index (χ4n) is 3.58. The van der Waals surface area contributed by atoms with Gasteiger partial charge in [0.2, 0.25) is 11.8 Å². The van der Waals surface area contributed by atoms with Crippen molar-refractivity contribution in [2.45, 2.75) is 25.9 Å². The van der Waals surface area contributed by atoms with Crippen LogP contribution in [0.3, 0.4) is 0 Å². The quantitative estimate of drug-likeness (QED) is 0.464. The molecular weight excluding hydrogens is 334 g/mol. The first-order valence-corrected chi connectivity index (χ1v) is 8.72. The van der Waals surface area contributed by atoms with Crippen molar-refractivity contribution in [3.05, 3.63) is 48.4 Å². The molecule has 3 heterocycles. The highest BCUT2D eigenvalue weighted by molar-refractivity contribution is 6.05. The summed E-state index contributed by atoms with van der Waals surface area (Å²) in [5.74, 6) is -1.31. The van der Waals surface area contributed by atoms with Gasteiger partial charge in [-0.3, -0.25) is 19.3 Å². The minimum Gasteiger partial charge on any atom is -0.459 e. The second-order valence-corrected chi connectivity index (χ2v) is 6.59. The van der Waals surface area contributed by atoms with Crippen LogP contribution in [0, 0.1) is 11.8 Å². The third-order valence-electron chi connectivity index (χ3n) is 4.93. The average Bonchev–Trinajstić information content (AvgIpc) is 3.18. The number of hydrogen-bond donors (Lipinski definition) is 0. The minimum absolute atomic E-state index is 0.00226. The zero-order chi connectivity index (χ0) is 18.1. The maximum atomic E-state index is 12.3. The molecule has 4 rings (SSSR count). The fourth-order valence-corrected chi connectivity index (χ4v) is 3.58. The molecular formula is C19H19N3O4. The number of ether oxygens (including phenoxy) is 1. The molecule has 0 unspecified atom stereocenters. The molecule has 7 nitrogen and oxygen atoms in total. The highest BCUT2D eigenvalue weighted by Crippen LogP contribution is 2.34. The van der Waals surface area contributed by atoms with E-state index < -0.39 is 5.97 Å². The normalized spacial score (nSPS) is 22.1. The molecule has 2 aromatic rings. The first-order chi connectivity index (χ1) is 12.6. The van der Waals surface area contributed by atoms with E-state index in [9.17, 15) is 14.4 Å². The van der Waals surface area contributed by atoms with Gasteiger partial charge in [0.15, 0.2) is 0 Å². The molecule has 1 fully saturated rings. The van der Waals surface area contributed by atoms with Crippen LogP contribution in [0.4, 0.5) is 0 Å². The van der Waals surface area contributed by atoms with Gasteiger partial charge in [0.25, 0.3) is 0 Å². The average molecular weight is 353 g/mol. The Morgan fingerprint density at radius 3 is 2.58 bits per heavy atom. The number of esters is 1. The predicted octanol–water partition coefficient (Wildman–Crippen LogP) is 1.72. The Kier molecular flexibility index (Phi) is 4.28. The lowest BCUT2D eigenvalue weighted by Gasteiger charge is -2.14. The van der Waals surface area contributed by atoms with Gasteiger partial charge in [-0.2, -0.15) is 0 Å². The van der Waals surface area contributed by atoms with Gasteiger partial charge in [0.05, 0.1) is 24.0 Å². The van der Waals surface area contributed by atoms with Crippen LogP contribution in [0.25, 0.3) is 5.65 Å². The number of imide groups is 1. The van der Waals surface area contributed by atoms with Gasteiger partial charge in [0.1, 0.15) is 12.3 Å². The summed E-state index contributed by atoms with van der Waals surface area (Å²) >= 11 is 0. The Bertz CT molecular complexity index is 842. The lowest BCUT2D eigenvalue weighted by atomic mass is 9.85. The van der Waals surface area contributed by atoms with E-state index in [0.29, 0.717) is 18.5 Å². The van der Waals surface area contributed by atoms with Gasteiger partial charge in [-0.05, 0) is 25.0 Å². The standard InChI is InChI=1S/C19H19N3O4/c23-17(26-12-13-11-21-9-4-3-7-16(21)20-13)8-10-22-18(24)14-5-1-2-6-15(14)19(22)25/h1-4,7,9,11,14-15H,5-6,8,10,12H2/t14-,15-/m0/s1. The van der Waals surface area contributed by atoms with Crippen molar-refractivity contribution in [1.29, 1.82) is 0 Å². The first kappa shape index (κ1) is 16.5. The third kappa shape index (κ3) is 3.00. The van der Waals surface area contributed by atoms with Crippen molar-refractivity contribution in [2.24, 2.45) is 11.8 Å². The third-order valence-corrected chi connectivity index (χ3v) is 4.93. The summed E-state index contributed by atoms with van der Waals surface area (Å²) in [5, 5.41) is 0. The van der Waals surface area contributed by atoms with Crippen LogP contribution in [0.5, 0.6) is 0 Å². The Morgan fingerprint density at radius 2 is 1.88 bits per heavy atom. The fraction of sp³-hybridized carbons (Fsp3) is 0.368. The lowest BCUT2D eigenvalue weighted by Crippen LogP contribution is -2.33. The number of fused-ring (bicyclic) bond motifs is 2. The van der Waals surface area contributed by atoms with Crippen molar-refractivity contribution in [2.75, 3.05) is 6.54 Å². The molecule has 26 heavy (non-hydrogen) atoms. The minimum atomic E-state index is -0.448. The predicted molar refractivity (Wildman–Crippen MR) is 91.7 cm³/mol. The number of rotatable bonds is 5. The van der Waals surface area contributed by atoms with E-state index in [1.54, 1.807) is 6.20 Å². The maximum absolute atomic E-state index is 12.3. The summed E-state index contributed by atoms with van der Waals surface area (Å²) in [6.45, 7) is 0.145. The smallest absolute Gasteiger partial charge is 0.307 e. The number of likely N-dealkylation sites (tertiary alicyclic amines) is 1. The summed E-state index contributed by atoms with van der Waals surface area (Å²) in [5.41, 5.74) is 1.43. The van der Waals surface area contributed by atoms with E-state index in [1.807, 2.05) is 40.9 Å². The number of carbonyl (C=O) groups is 3. The van der Waals surface area contributed by atoms with Crippen LogP contribution >= 0.6 is 0 Å².